The minimum atomic E-state index is -2.50. The van der Waals surface area contributed by atoms with E-state index < -0.39 is 17.6 Å². The van der Waals surface area contributed by atoms with Crippen molar-refractivity contribution in [1.29, 1.82) is 0 Å². The number of furan rings is 1. The average Bonchev–Trinajstić information content (AvgIpc) is 2.90. The van der Waals surface area contributed by atoms with E-state index in [9.17, 15) is 18.4 Å². The summed E-state index contributed by atoms with van der Waals surface area (Å²) in [5, 5.41) is 0. The number of rotatable bonds is 7. The molecule has 1 rings (SSSR count). The maximum absolute atomic E-state index is 12.3. The Morgan fingerprint density at radius 2 is 2.05 bits per heavy atom. The van der Waals surface area contributed by atoms with Crippen LogP contribution in [0, 0.1) is 0 Å². The topological polar surface area (TPSA) is 59.8 Å². The first-order valence-corrected chi connectivity index (χ1v) is 7.26. The van der Waals surface area contributed by atoms with Gasteiger partial charge in [0, 0.05) is 6.04 Å². The molecular formula is C13H17F2NO4S. The van der Waals surface area contributed by atoms with E-state index in [1.807, 2.05) is 0 Å². The van der Waals surface area contributed by atoms with Crippen LogP contribution in [-0.2, 0) is 15.3 Å². The number of hydrogen-bond acceptors (Lipinski definition) is 5. The van der Waals surface area contributed by atoms with E-state index in [1.54, 1.807) is 13.8 Å². The summed E-state index contributed by atoms with van der Waals surface area (Å²) >= 11 is 0.412. The van der Waals surface area contributed by atoms with Gasteiger partial charge in [-0.25, -0.2) is 0 Å². The molecule has 1 aromatic rings. The molecule has 1 amide bonds. The zero-order valence-corrected chi connectivity index (χ0v) is 12.8. The highest BCUT2D eigenvalue weighted by Crippen LogP contribution is 2.22. The summed E-state index contributed by atoms with van der Waals surface area (Å²) in [6.07, 6.45) is 0. The predicted molar refractivity (Wildman–Crippen MR) is 74.2 cm³/mol. The highest BCUT2D eigenvalue weighted by Gasteiger charge is 2.24. The first-order valence-electron chi connectivity index (χ1n) is 6.21. The van der Waals surface area contributed by atoms with Crippen molar-refractivity contribution in [1.82, 2.24) is 4.90 Å². The molecule has 0 atom stereocenters. The van der Waals surface area contributed by atoms with E-state index in [2.05, 4.69) is 4.74 Å². The first-order chi connectivity index (χ1) is 9.85. The van der Waals surface area contributed by atoms with Crippen LogP contribution in [0.5, 0.6) is 0 Å². The van der Waals surface area contributed by atoms with Gasteiger partial charge in [0.05, 0.1) is 12.9 Å². The van der Waals surface area contributed by atoms with Gasteiger partial charge in [0.15, 0.2) is 5.76 Å². The minimum Gasteiger partial charge on any atom is -0.468 e. The molecule has 0 spiro atoms. The molecule has 1 heterocycles. The number of alkyl halides is 2. The second-order valence-corrected chi connectivity index (χ2v) is 5.42. The van der Waals surface area contributed by atoms with Crippen LogP contribution in [0.2, 0.25) is 0 Å². The number of hydrogen-bond donors (Lipinski definition) is 0. The van der Waals surface area contributed by atoms with Gasteiger partial charge in [-0.15, -0.1) is 0 Å². The average molecular weight is 321 g/mol. The maximum Gasteiger partial charge on any atom is 0.325 e. The van der Waals surface area contributed by atoms with Gasteiger partial charge in [-0.05, 0) is 26.0 Å². The molecule has 0 saturated carbocycles. The molecule has 118 valence electrons. The van der Waals surface area contributed by atoms with Crippen molar-refractivity contribution in [2.45, 2.75) is 31.4 Å². The summed E-state index contributed by atoms with van der Waals surface area (Å²) in [6, 6.07) is 2.65. The summed E-state index contributed by atoms with van der Waals surface area (Å²) in [6.45, 7) is 3.30. The SMILES string of the molecule is COC(=O)CN(C(=O)c1ccc(CSC(F)F)o1)C(C)C. The Bertz CT molecular complexity index is 490. The highest BCUT2D eigenvalue weighted by atomic mass is 32.2. The third-order valence-electron chi connectivity index (χ3n) is 2.64. The van der Waals surface area contributed by atoms with Crippen molar-refractivity contribution in [3.05, 3.63) is 23.7 Å². The summed E-state index contributed by atoms with van der Waals surface area (Å²) in [4.78, 5) is 24.9. The molecule has 5 nitrogen and oxygen atoms in total. The van der Waals surface area contributed by atoms with Crippen molar-refractivity contribution in [2.75, 3.05) is 13.7 Å². The van der Waals surface area contributed by atoms with Crippen LogP contribution in [-0.4, -0.2) is 42.2 Å². The Hall–Kier alpha value is -1.57. The molecular weight excluding hydrogens is 304 g/mol. The van der Waals surface area contributed by atoms with E-state index in [0.29, 0.717) is 11.8 Å². The first kappa shape index (κ1) is 17.5. The quantitative estimate of drug-likeness (QED) is 0.723. The molecule has 0 aliphatic rings. The van der Waals surface area contributed by atoms with Crippen LogP contribution in [0.4, 0.5) is 8.78 Å². The molecule has 0 saturated heterocycles. The lowest BCUT2D eigenvalue weighted by Gasteiger charge is -2.24. The molecule has 0 fully saturated rings. The summed E-state index contributed by atoms with van der Waals surface area (Å²) in [5.41, 5.74) is 0. The van der Waals surface area contributed by atoms with Crippen LogP contribution in [0.25, 0.3) is 0 Å². The van der Waals surface area contributed by atoms with Gasteiger partial charge in [-0.3, -0.25) is 9.59 Å². The minimum absolute atomic E-state index is 0.0115. The molecule has 0 unspecified atom stereocenters. The molecule has 0 aromatic carbocycles. The Morgan fingerprint density at radius 3 is 2.57 bits per heavy atom. The van der Waals surface area contributed by atoms with E-state index in [-0.39, 0.29) is 29.9 Å². The van der Waals surface area contributed by atoms with Gasteiger partial charge in [0.2, 0.25) is 0 Å². The standard InChI is InChI=1S/C13H17F2NO4S/c1-8(2)16(6-11(17)19-3)12(18)10-5-4-9(20-10)7-21-13(14)15/h4-5,8,13H,6-7H2,1-3H3. The number of carbonyl (C=O) groups is 2. The van der Waals surface area contributed by atoms with Crippen molar-refractivity contribution in [2.24, 2.45) is 0 Å². The molecule has 0 bridgehead atoms. The molecule has 8 heteroatoms. The van der Waals surface area contributed by atoms with Crippen molar-refractivity contribution in [3.63, 3.8) is 0 Å². The lowest BCUT2D eigenvalue weighted by Crippen LogP contribution is -2.40. The van der Waals surface area contributed by atoms with Gasteiger partial charge in [0.25, 0.3) is 11.7 Å². The number of esters is 1. The van der Waals surface area contributed by atoms with Gasteiger partial charge < -0.3 is 14.1 Å². The van der Waals surface area contributed by atoms with E-state index in [0.717, 1.165) is 0 Å². The molecule has 0 aliphatic carbocycles. The van der Waals surface area contributed by atoms with Gasteiger partial charge in [0.1, 0.15) is 12.3 Å². The maximum atomic E-state index is 12.3. The van der Waals surface area contributed by atoms with E-state index in [4.69, 9.17) is 4.42 Å². The summed E-state index contributed by atoms with van der Waals surface area (Å²) in [5.74, 6) is -3.26. The number of thioether (sulfide) groups is 1. The fourth-order valence-corrected chi connectivity index (χ4v) is 2.00. The second-order valence-electron chi connectivity index (χ2n) is 4.44. The van der Waals surface area contributed by atoms with Crippen LogP contribution >= 0.6 is 11.8 Å². The Kier molecular flexibility index (Phi) is 6.67. The molecule has 0 radical (unpaired) electrons. The zero-order chi connectivity index (χ0) is 16.0. The predicted octanol–water partition coefficient (Wildman–Crippen LogP) is 2.76. The van der Waals surface area contributed by atoms with Crippen LogP contribution < -0.4 is 0 Å². The number of carbonyl (C=O) groups excluding carboxylic acids is 2. The Labute approximate surface area is 125 Å². The van der Waals surface area contributed by atoms with Crippen molar-refractivity contribution in [3.8, 4) is 0 Å². The largest absolute Gasteiger partial charge is 0.468 e. The summed E-state index contributed by atoms with van der Waals surface area (Å²) < 4.78 is 34.0. The van der Waals surface area contributed by atoms with Crippen molar-refractivity contribution < 1.29 is 27.5 Å². The smallest absolute Gasteiger partial charge is 0.325 e. The molecule has 1 aromatic heterocycles. The molecule has 21 heavy (non-hydrogen) atoms. The van der Waals surface area contributed by atoms with Gasteiger partial charge >= 0.3 is 5.97 Å². The highest BCUT2D eigenvalue weighted by molar-refractivity contribution is 7.98. The third-order valence-corrected chi connectivity index (χ3v) is 3.34. The molecule has 0 N–H and O–H groups in total. The molecule has 0 aliphatic heterocycles. The monoisotopic (exact) mass is 321 g/mol. The Morgan fingerprint density at radius 1 is 1.38 bits per heavy atom. The van der Waals surface area contributed by atoms with Gasteiger partial charge in [-0.1, -0.05) is 11.8 Å². The number of halogens is 2. The fraction of sp³-hybridized carbons (Fsp3) is 0.538. The number of nitrogens with zero attached hydrogens (tertiary/aromatic N) is 1. The number of amides is 1. The third kappa shape index (κ3) is 5.37. The zero-order valence-electron chi connectivity index (χ0n) is 12.0. The van der Waals surface area contributed by atoms with Crippen LogP contribution in [0.3, 0.4) is 0 Å². The second kappa shape index (κ2) is 8.02. The lowest BCUT2D eigenvalue weighted by atomic mass is 10.2. The summed E-state index contributed by atoms with van der Waals surface area (Å²) in [7, 11) is 1.23. The normalized spacial score (nSPS) is 11.0. The Balaban J connectivity index is 2.77. The van der Waals surface area contributed by atoms with E-state index in [1.165, 1.54) is 24.1 Å². The van der Waals surface area contributed by atoms with Crippen LogP contribution in [0.1, 0.15) is 30.2 Å². The number of methoxy groups -OCH3 is 1. The lowest BCUT2D eigenvalue weighted by molar-refractivity contribution is -0.141. The van der Waals surface area contributed by atoms with Crippen LogP contribution in [0.15, 0.2) is 16.5 Å². The van der Waals surface area contributed by atoms with Crippen molar-refractivity contribution >= 4 is 23.6 Å². The number of ether oxygens (including phenoxy) is 1. The van der Waals surface area contributed by atoms with E-state index >= 15 is 0 Å². The fourth-order valence-electron chi connectivity index (χ4n) is 1.55. The van der Waals surface area contributed by atoms with Gasteiger partial charge in [-0.2, -0.15) is 8.78 Å².